The van der Waals surface area contributed by atoms with Crippen molar-refractivity contribution in [3.05, 3.63) is 69.8 Å². The fourth-order valence-electron chi connectivity index (χ4n) is 5.36. The maximum Gasteiger partial charge on any atom is 0.258 e. The maximum absolute atomic E-state index is 12.4. The number of fused-ring (bicyclic) bond motifs is 1. The van der Waals surface area contributed by atoms with Gasteiger partial charge in [0.05, 0.1) is 36.1 Å². The molecule has 0 amide bonds. The van der Waals surface area contributed by atoms with Crippen molar-refractivity contribution in [3.8, 4) is 11.6 Å². The molecule has 0 radical (unpaired) electrons. The van der Waals surface area contributed by atoms with Gasteiger partial charge in [-0.15, -0.1) is 5.10 Å². The van der Waals surface area contributed by atoms with E-state index in [0.717, 1.165) is 18.5 Å². The summed E-state index contributed by atoms with van der Waals surface area (Å²) in [4.78, 5) is 9.27. The molecule has 1 aliphatic rings. The molecule has 1 N–H and O–H groups in total. The molecule has 1 atom stereocenters. The highest BCUT2D eigenvalue weighted by Gasteiger charge is 2.39. The summed E-state index contributed by atoms with van der Waals surface area (Å²) in [6.45, 7) is 4.38. The van der Waals surface area contributed by atoms with Crippen molar-refractivity contribution >= 4 is 22.5 Å². The number of benzene rings is 1. The highest BCUT2D eigenvalue weighted by Crippen LogP contribution is 2.43. The molecule has 4 aromatic rings. The highest BCUT2D eigenvalue weighted by molar-refractivity contribution is 6.37. The lowest BCUT2D eigenvalue weighted by Crippen LogP contribution is -2.32. The molecule has 1 aromatic carbocycles. The van der Waals surface area contributed by atoms with Crippen molar-refractivity contribution in [2.24, 2.45) is 13.0 Å². The standard InChI is InChI=1S/C28H32ClN5O3/c1-17-10-12-22(18(2)31-17)28(35,24-15-30-33-34(24)3)20-11-13-23-21(14-20)25(29)26(27(32-23)36-4)37-16-19-8-6-5-7-9-19/h10-15,19,35H,5-9,16H2,1-4H3. The molecular weight excluding hydrogens is 490 g/mol. The molecule has 37 heavy (non-hydrogen) atoms. The second-order valence-electron chi connectivity index (χ2n) is 9.85. The third-order valence-corrected chi connectivity index (χ3v) is 7.72. The van der Waals surface area contributed by atoms with Gasteiger partial charge in [0, 0.05) is 29.4 Å². The van der Waals surface area contributed by atoms with Gasteiger partial charge in [-0.25, -0.2) is 9.67 Å². The third kappa shape index (κ3) is 4.64. The molecule has 0 saturated heterocycles. The number of nitrogens with zero attached hydrogens (tertiary/aromatic N) is 5. The Kier molecular flexibility index (Phi) is 7.05. The Morgan fingerprint density at radius 3 is 2.57 bits per heavy atom. The SMILES string of the molecule is COc1nc2ccc(C(O)(c3ccc(C)nc3C)c3cnnn3C)cc2c(Cl)c1OCC1CCCCC1. The smallest absolute Gasteiger partial charge is 0.258 e. The zero-order chi connectivity index (χ0) is 26.2. The summed E-state index contributed by atoms with van der Waals surface area (Å²) in [6, 6.07) is 9.29. The van der Waals surface area contributed by atoms with Crippen LogP contribution in [0, 0.1) is 19.8 Å². The number of aliphatic hydroxyl groups is 1. The Morgan fingerprint density at radius 1 is 1.11 bits per heavy atom. The van der Waals surface area contributed by atoms with Gasteiger partial charge in [0.15, 0.2) is 5.60 Å². The van der Waals surface area contributed by atoms with Crippen LogP contribution in [0.1, 0.15) is 60.3 Å². The van der Waals surface area contributed by atoms with Gasteiger partial charge >= 0.3 is 0 Å². The number of aryl methyl sites for hydroxylation is 3. The lowest BCUT2D eigenvalue weighted by atomic mass is 9.82. The molecule has 1 saturated carbocycles. The van der Waals surface area contributed by atoms with E-state index in [0.29, 0.717) is 62.6 Å². The minimum absolute atomic E-state index is 0.353. The number of hydrogen-bond acceptors (Lipinski definition) is 7. The van der Waals surface area contributed by atoms with Crippen LogP contribution in [0.3, 0.4) is 0 Å². The monoisotopic (exact) mass is 521 g/mol. The molecule has 3 aromatic heterocycles. The van der Waals surface area contributed by atoms with Crippen LogP contribution < -0.4 is 9.47 Å². The number of rotatable bonds is 7. The summed E-state index contributed by atoms with van der Waals surface area (Å²) < 4.78 is 13.3. The van der Waals surface area contributed by atoms with E-state index in [1.807, 2.05) is 44.2 Å². The van der Waals surface area contributed by atoms with Crippen molar-refractivity contribution in [1.82, 2.24) is 25.0 Å². The van der Waals surface area contributed by atoms with E-state index in [9.17, 15) is 5.11 Å². The minimum atomic E-state index is -1.58. The molecule has 1 aliphatic carbocycles. The molecule has 0 aliphatic heterocycles. The first-order valence-corrected chi connectivity index (χ1v) is 13.0. The van der Waals surface area contributed by atoms with Crippen molar-refractivity contribution in [3.63, 3.8) is 0 Å². The Balaban J connectivity index is 1.64. The molecule has 0 spiro atoms. The highest BCUT2D eigenvalue weighted by atomic mass is 35.5. The number of aromatic nitrogens is 5. The van der Waals surface area contributed by atoms with E-state index < -0.39 is 5.60 Å². The first-order chi connectivity index (χ1) is 17.8. The first-order valence-electron chi connectivity index (χ1n) is 12.7. The Bertz CT molecular complexity index is 1430. The van der Waals surface area contributed by atoms with Crippen LogP contribution in [0.5, 0.6) is 11.6 Å². The molecule has 8 nitrogen and oxygen atoms in total. The lowest BCUT2D eigenvalue weighted by molar-refractivity contribution is 0.115. The molecule has 1 fully saturated rings. The largest absolute Gasteiger partial charge is 0.486 e. The summed E-state index contributed by atoms with van der Waals surface area (Å²) in [6.07, 6.45) is 7.61. The summed E-state index contributed by atoms with van der Waals surface area (Å²) >= 11 is 6.95. The van der Waals surface area contributed by atoms with Gasteiger partial charge in [0.2, 0.25) is 5.75 Å². The fourth-order valence-corrected chi connectivity index (χ4v) is 5.64. The molecule has 0 bridgehead atoms. The molecular formula is C28H32ClN5O3. The van der Waals surface area contributed by atoms with Crippen LogP contribution in [0.4, 0.5) is 0 Å². The number of ether oxygens (including phenoxy) is 2. The number of methoxy groups -OCH3 is 1. The van der Waals surface area contributed by atoms with E-state index in [-0.39, 0.29) is 0 Å². The molecule has 1 unspecified atom stereocenters. The average molecular weight is 522 g/mol. The van der Waals surface area contributed by atoms with Crippen molar-refractivity contribution < 1.29 is 14.6 Å². The topological polar surface area (TPSA) is 95.2 Å². The second kappa shape index (κ2) is 10.3. The molecule has 194 valence electrons. The fraction of sp³-hybridized carbons (Fsp3) is 0.429. The Morgan fingerprint density at radius 2 is 1.89 bits per heavy atom. The summed E-state index contributed by atoms with van der Waals surface area (Å²) in [7, 11) is 3.32. The van der Waals surface area contributed by atoms with Gasteiger partial charge in [-0.2, -0.15) is 0 Å². The number of pyridine rings is 2. The van der Waals surface area contributed by atoms with E-state index in [1.54, 1.807) is 25.0 Å². The zero-order valence-electron chi connectivity index (χ0n) is 21.7. The van der Waals surface area contributed by atoms with Gasteiger partial charge in [0.25, 0.3) is 5.88 Å². The minimum Gasteiger partial charge on any atom is -0.486 e. The molecule has 9 heteroatoms. The third-order valence-electron chi connectivity index (χ3n) is 7.35. The second-order valence-corrected chi connectivity index (χ2v) is 10.2. The van der Waals surface area contributed by atoms with E-state index >= 15 is 0 Å². The predicted octanol–water partition coefficient (Wildman–Crippen LogP) is 5.28. The lowest BCUT2D eigenvalue weighted by Gasteiger charge is -2.30. The van der Waals surface area contributed by atoms with Crippen molar-refractivity contribution in [2.45, 2.75) is 51.6 Å². The van der Waals surface area contributed by atoms with Crippen LogP contribution in [0.25, 0.3) is 10.9 Å². The number of hydrogen-bond donors (Lipinski definition) is 1. The predicted molar refractivity (Wildman–Crippen MR) is 142 cm³/mol. The van der Waals surface area contributed by atoms with Crippen LogP contribution in [0.2, 0.25) is 5.02 Å². The van der Waals surface area contributed by atoms with Crippen LogP contribution in [0.15, 0.2) is 36.5 Å². The van der Waals surface area contributed by atoms with Crippen molar-refractivity contribution in [1.29, 1.82) is 0 Å². The van der Waals surface area contributed by atoms with Gasteiger partial charge in [-0.1, -0.05) is 48.2 Å². The summed E-state index contributed by atoms with van der Waals surface area (Å²) in [5.41, 5.74) is 2.36. The van der Waals surface area contributed by atoms with Crippen LogP contribution >= 0.6 is 11.6 Å². The summed E-state index contributed by atoms with van der Waals surface area (Å²) in [5.74, 6) is 1.28. The van der Waals surface area contributed by atoms with Gasteiger partial charge in [-0.3, -0.25) is 4.98 Å². The molecule has 5 rings (SSSR count). The van der Waals surface area contributed by atoms with Gasteiger partial charge in [0.1, 0.15) is 0 Å². The Hall–Kier alpha value is -3.23. The average Bonchev–Trinajstić information content (AvgIpc) is 3.34. The van der Waals surface area contributed by atoms with E-state index in [4.69, 9.17) is 21.1 Å². The van der Waals surface area contributed by atoms with E-state index in [2.05, 4.69) is 20.3 Å². The zero-order valence-corrected chi connectivity index (χ0v) is 22.4. The van der Waals surface area contributed by atoms with Gasteiger partial charge in [-0.05, 0) is 56.4 Å². The maximum atomic E-state index is 12.4. The van der Waals surface area contributed by atoms with Crippen LogP contribution in [-0.4, -0.2) is 43.8 Å². The Labute approximate surface area is 221 Å². The number of halogens is 1. The van der Waals surface area contributed by atoms with E-state index in [1.165, 1.54) is 19.3 Å². The molecule has 3 heterocycles. The van der Waals surface area contributed by atoms with Gasteiger partial charge < -0.3 is 14.6 Å². The first kappa shape index (κ1) is 25.4. The van der Waals surface area contributed by atoms with Crippen LogP contribution in [-0.2, 0) is 12.6 Å². The quantitative estimate of drug-likeness (QED) is 0.353. The summed E-state index contributed by atoms with van der Waals surface area (Å²) in [5, 5.41) is 21.6. The normalized spacial score (nSPS) is 16.1. The van der Waals surface area contributed by atoms with Crippen molar-refractivity contribution in [2.75, 3.05) is 13.7 Å².